The number of carboxylic acids is 1. The number of hydrogen-bond acceptors (Lipinski definition) is 5. The van der Waals surface area contributed by atoms with Crippen molar-refractivity contribution in [3.05, 3.63) is 0 Å². The number of nitrogens with two attached hydrogens (primary N) is 2. The summed E-state index contributed by atoms with van der Waals surface area (Å²) >= 11 is 1.69. The van der Waals surface area contributed by atoms with Gasteiger partial charge in [-0.15, -0.1) is 11.8 Å². The molecule has 0 unspecified atom stereocenters. The topological polar surface area (TPSA) is 127 Å². The molecule has 0 aromatic rings. The molecule has 5 N–H and O–H groups in total. The maximum atomic E-state index is 12.7. The predicted octanol–water partition coefficient (Wildman–Crippen LogP) is 0.163. The Bertz CT molecular complexity index is 478. The minimum Gasteiger partial charge on any atom is -0.481 e. The van der Waals surface area contributed by atoms with E-state index in [2.05, 4.69) is 0 Å². The van der Waals surface area contributed by atoms with Crippen molar-refractivity contribution in [3.8, 4) is 0 Å². The van der Waals surface area contributed by atoms with Gasteiger partial charge in [-0.05, 0) is 34.6 Å². The molecule has 1 rings (SSSR count). The molecule has 22 heavy (non-hydrogen) atoms. The molecule has 2 amide bonds. The first-order valence-corrected chi connectivity index (χ1v) is 7.92. The Balaban J connectivity index is 3.17. The van der Waals surface area contributed by atoms with Crippen LogP contribution in [0.25, 0.3) is 0 Å². The zero-order chi connectivity index (χ0) is 17.5. The third-order valence-electron chi connectivity index (χ3n) is 3.92. The minimum atomic E-state index is -1.20. The van der Waals surface area contributed by atoms with Gasteiger partial charge in [0, 0.05) is 9.49 Å². The summed E-state index contributed by atoms with van der Waals surface area (Å²) in [4.78, 5) is 36.5. The lowest BCUT2D eigenvalue weighted by atomic mass is 9.86. The second-order valence-electron chi connectivity index (χ2n) is 6.74. The molecule has 0 radical (unpaired) electrons. The molecule has 8 heteroatoms. The molecule has 0 spiro atoms. The first-order valence-electron chi connectivity index (χ1n) is 7.10. The van der Waals surface area contributed by atoms with E-state index in [0.29, 0.717) is 0 Å². The highest BCUT2D eigenvalue weighted by atomic mass is 32.2. The molecule has 1 aliphatic rings. The zero-order valence-electron chi connectivity index (χ0n) is 13.6. The maximum Gasteiger partial charge on any atom is 0.305 e. The van der Waals surface area contributed by atoms with E-state index in [-0.39, 0.29) is 15.5 Å². The number of carboxylic acid groups (broad SMARTS) is 1. The molecule has 1 saturated heterocycles. The van der Waals surface area contributed by atoms with Gasteiger partial charge in [-0.2, -0.15) is 0 Å². The standard InChI is InChI=1S/C14H25N3O4S/c1-7(10(16)20)17(11(21)8(15)6-9(18)19)12-13(2,3)22-14(12,4)5/h7-8,12H,6,15H2,1-5H3,(H2,16,20)(H,18,19)/t7-,8+/m1/s1. The summed E-state index contributed by atoms with van der Waals surface area (Å²) in [7, 11) is 0. The first kappa shape index (κ1) is 18.8. The summed E-state index contributed by atoms with van der Waals surface area (Å²) in [5, 5.41) is 8.83. The molecule has 1 heterocycles. The Kier molecular flexibility index (Phi) is 5.18. The molecular formula is C14H25N3O4S. The van der Waals surface area contributed by atoms with Crippen LogP contribution in [0.5, 0.6) is 0 Å². The third kappa shape index (κ3) is 3.55. The molecule has 0 aromatic heterocycles. The lowest BCUT2D eigenvalue weighted by Gasteiger charge is -2.61. The fourth-order valence-corrected chi connectivity index (χ4v) is 5.59. The van der Waals surface area contributed by atoms with Crippen LogP contribution in [0.15, 0.2) is 0 Å². The largest absolute Gasteiger partial charge is 0.481 e. The summed E-state index contributed by atoms with van der Waals surface area (Å²) < 4.78 is -0.544. The fraction of sp³-hybridized carbons (Fsp3) is 0.786. The molecular weight excluding hydrogens is 306 g/mol. The highest BCUT2D eigenvalue weighted by Gasteiger charge is 2.59. The van der Waals surface area contributed by atoms with Gasteiger partial charge < -0.3 is 21.5 Å². The van der Waals surface area contributed by atoms with E-state index in [9.17, 15) is 14.4 Å². The highest BCUT2D eigenvalue weighted by Crippen LogP contribution is 2.57. The number of nitrogens with zero attached hydrogens (tertiary/aromatic N) is 1. The fourth-order valence-electron chi connectivity index (χ4n) is 3.38. The number of rotatable bonds is 6. The van der Waals surface area contributed by atoms with E-state index in [1.54, 1.807) is 18.7 Å². The lowest BCUT2D eigenvalue weighted by molar-refractivity contribution is -0.147. The number of carbonyl (C=O) groups excluding carboxylic acids is 2. The SMILES string of the molecule is C[C@H](C(N)=O)N(C(=O)[C@@H](N)CC(=O)O)C1C(C)(C)SC1(C)C. The predicted molar refractivity (Wildman–Crippen MR) is 85.3 cm³/mol. The van der Waals surface area contributed by atoms with Gasteiger partial charge in [-0.25, -0.2) is 0 Å². The smallest absolute Gasteiger partial charge is 0.305 e. The van der Waals surface area contributed by atoms with Gasteiger partial charge in [0.2, 0.25) is 11.8 Å². The second-order valence-corrected chi connectivity index (χ2v) is 9.05. The van der Waals surface area contributed by atoms with Gasteiger partial charge in [0.25, 0.3) is 0 Å². The number of hydrogen-bond donors (Lipinski definition) is 3. The number of thioether (sulfide) groups is 1. The Labute approximate surface area is 134 Å². The van der Waals surface area contributed by atoms with Gasteiger partial charge >= 0.3 is 5.97 Å². The number of primary amides is 1. The Hall–Kier alpha value is -1.28. The molecule has 0 saturated carbocycles. The van der Waals surface area contributed by atoms with Crippen LogP contribution < -0.4 is 11.5 Å². The van der Waals surface area contributed by atoms with Gasteiger partial charge in [0.05, 0.1) is 18.5 Å². The van der Waals surface area contributed by atoms with Crippen molar-refractivity contribution in [1.82, 2.24) is 4.90 Å². The van der Waals surface area contributed by atoms with Crippen molar-refractivity contribution < 1.29 is 19.5 Å². The minimum absolute atomic E-state index is 0.264. The van der Waals surface area contributed by atoms with E-state index >= 15 is 0 Å². The maximum absolute atomic E-state index is 12.7. The summed E-state index contributed by atoms with van der Waals surface area (Å²) in [6, 6.07) is -2.31. The first-order chi connectivity index (χ1) is 9.81. The molecule has 1 aliphatic heterocycles. The van der Waals surface area contributed by atoms with Crippen molar-refractivity contribution in [2.45, 2.75) is 68.7 Å². The molecule has 2 atom stereocenters. The summed E-state index contributed by atoms with van der Waals surface area (Å²) in [5.74, 6) is -2.35. The van der Waals surface area contributed by atoms with Gasteiger partial charge in [-0.1, -0.05) is 0 Å². The third-order valence-corrected chi connectivity index (χ3v) is 5.42. The average molecular weight is 331 g/mol. The van der Waals surface area contributed by atoms with E-state index in [4.69, 9.17) is 16.6 Å². The van der Waals surface area contributed by atoms with Crippen molar-refractivity contribution in [1.29, 1.82) is 0 Å². The van der Waals surface area contributed by atoms with E-state index in [1.165, 1.54) is 4.90 Å². The molecule has 7 nitrogen and oxygen atoms in total. The Morgan fingerprint density at radius 1 is 1.23 bits per heavy atom. The molecule has 126 valence electrons. The van der Waals surface area contributed by atoms with Gasteiger partial charge in [-0.3, -0.25) is 14.4 Å². The molecule has 1 fully saturated rings. The van der Waals surface area contributed by atoms with Crippen molar-refractivity contribution in [2.24, 2.45) is 11.5 Å². The molecule has 0 bridgehead atoms. The van der Waals surface area contributed by atoms with Gasteiger partial charge in [0.15, 0.2) is 0 Å². The number of carbonyl (C=O) groups is 3. The zero-order valence-corrected chi connectivity index (χ0v) is 14.4. The number of amides is 2. The van der Waals surface area contributed by atoms with Crippen LogP contribution in [-0.4, -0.2) is 55.4 Å². The Morgan fingerprint density at radius 3 is 2.00 bits per heavy atom. The van der Waals surface area contributed by atoms with Crippen LogP contribution in [0, 0.1) is 0 Å². The highest BCUT2D eigenvalue weighted by molar-refractivity contribution is 8.03. The van der Waals surface area contributed by atoms with Gasteiger partial charge in [0.1, 0.15) is 6.04 Å². The van der Waals surface area contributed by atoms with Crippen LogP contribution in [0.3, 0.4) is 0 Å². The molecule has 0 aromatic carbocycles. The quantitative estimate of drug-likeness (QED) is 0.636. The lowest BCUT2D eigenvalue weighted by Crippen LogP contribution is -2.72. The normalized spacial score (nSPS) is 22.3. The van der Waals surface area contributed by atoms with Crippen molar-refractivity contribution >= 4 is 29.5 Å². The van der Waals surface area contributed by atoms with E-state index < -0.39 is 36.3 Å². The Morgan fingerprint density at radius 2 is 1.68 bits per heavy atom. The summed E-state index contributed by atoms with van der Waals surface area (Å²) in [6.07, 6.45) is -0.485. The monoisotopic (exact) mass is 331 g/mol. The molecule has 0 aliphatic carbocycles. The van der Waals surface area contributed by atoms with Crippen LogP contribution in [-0.2, 0) is 14.4 Å². The summed E-state index contributed by atoms with van der Waals surface area (Å²) in [5.41, 5.74) is 11.1. The average Bonchev–Trinajstić information content (AvgIpc) is 2.31. The van der Waals surface area contributed by atoms with Crippen molar-refractivity contribution in [3.63, 3.8) is 0 Å². The van der Waals surface area contributed by atoms with Crippen molar-refractivity contribution in [2.75, 3.05) is 0 Å². The van der Waals surface area contributed by atoms with Crippen LogP contribution >= 0.6 is 11.8 Å². The van der Waals surface area contributed by atoms with E-state index in [0.717, 1.165) is 0 Å². The number of aliphatic carboxylic acids is 1. The summed E-state index contributed by atoms with van der Waals surface area (Å²) in [6.45, 7) is 9.45. The van der Waals surface area contributed by atoms with Crippen LogP contribution in [0.2, 0.25) is 0 Å². The van der Waals surface area contributed by atoms with Crippen LogP contribution in [0.4, 0.5) is 0 Å². The van der Waals surface area contributed by atoms with E-state index in [1.807, 2.05) is 27.7 Å². The van der Waals surface area contributed by atoms with Crippen LogP contribution in [0.1, 0.15) is 41.0 Å². The second kappa shape index (κ2) is 6.08.